The zero-order valence-corrected chi connectivity index (χ0v) is 20.9. The van der Waals surface area contributed by atoms with Gasteiger partial charge in [0.05, 0.1) is 10.6 Å². The van der Waals surface area contributed by atoms with Crippen molar-refractivity contribution in [3.05, 3.63) is 24.3 Å². The van der Waals surface area contributed by atoms with Gasteiger partial charge in [-0.3, -0.25) is 14.8 Å². The van der Waals surface area contributed by atoms with Crippen molar-refractivity contribution in [2.45, 2.75) is 108 Å². The van der Waals surface area contributed by atoms with Crippen molar-refractivity contribution in [1.82, 2.24) is 0 Å². The molecule has 1 aromatic carbocycles. The smallest absolute Gasteiger partial charge is 0.338 e. The minimum atomic E-state index is -4.30. The Hall–Kier alpha value is -2.33. The molecule has 0 spiro atoms. The highest BCUT2D eigenvalue weighted by Gasteiger charge is 2.25. The molecule has 1 rings (SSSR count). The van der Waals surface area contributed by atoms with Gasteiger partial charge < -0.3 is 5.11 Å². The van der Waals surface area contributed by atoms with E-state index in [-0.39, 0.29) is 11.3 Å². The van der Waals surface area contributed by atoms with Crippen LogP contribution >= 0.6 is 0 Å². The van der Waals surface area contributed by atoms with Gasteiger partial charge in [0.15, 0.2) is 5.78 Å². The summed E-state index contributed by atoms with van der Waals surface area (Å²) in [5.74, 6) is -1.87. The van der Waals surface area contributed by atoms with Gasteiger partial charge in [0, 0.05) is 6.42 Å². The van der Waals surface area contributed by atoms with Gasteiger partial charge in [0.25, 0.3) is 10.1 Å². The summed E-state index contributed by atoms with van der Waals surface area (Å²) >= 11 is 0. The van der Waals surface area contributed by atoms with Crippen LogP contribution in [0.3, 0.4) is 0 Å². The largest absolute Gasteiger partial charge is 0.479 e. The zero-order chi connectivity index (χ0) is 25.2. The van der Waals surface area contributed by atoms with Crippen LogP contribution in [0.4, 0.5) is 5.69 Å². The fourth-order valence-electron chi connectivity index (χ4n) is 3.55. The molecule has 0 fully saturated rings. The third-order valence-corrected chi connectivity index (χ3v) is 6.44. The van der Waals surface area contributed by atoms with E-state index in [0.717, 1.165) is 31.4 Å². The summed E-state index contributed by atoms with van der Waals surface area (Å²) in [6.45, 7) is 2.23. The Morgan fingerprint density at radius 3 is 1.76 bits per heavy atom. The van der Waals surface area contributed by atoms with Crippen molar-refractivity contribution in [3.8, 4) is 0 Å². The second kappa shape index (κ2) is 17.2. The van der Waals surface area contributed by atoms with Crippen molar-refractivity contribution >= 4 is 27.6 Å². The van der Waals surface area contributed by atoms with Crippen molar-refractivity contribution in [3.63, 3.8) is 0 Å². The van der Waals surface area contributed by atoms with Crippen LogP contribution in [0.25, 0.3) is 0 Å². The van der Waals surface area contributed by atoms with Gasteiger partial charge in [0.2, 0.25) is 6.04 Å². The second-order valence-corrected chi connectivity index (χ2v) is 9.95. The molecule has 10 heteroatoms. The predicted octanol–water partition coefficient (Wildman–Crippen LogP) is 6.22. The molecule has 3 N–H and O–H groups in total. The highest BCUT2D eigenvalue weighted by atomic mass is 32.2. The molecule has 0 heterocycles. The number of Topliss-reactive ketones (excluding diaryl/α,β-unsaturated/α-hetero) is 1. The Kier molecular flexibility index (Phi) is 15.0. The van der Waals surface area contributed by atoms with Crippen molar-refractivity contribution in [2.75, 3.05) is 5.43 Å². The number of nitrogens with one attached hydrogen (secondary N) is 1. The summed E-state index contributed by atoms with van der Waals surface area (Å²) in [5.41, 5.74) is 2.77. The van der Waals surface area contributed by atoms with Gasteiger partial charge in [-0.05, 0) is 30.7 Å². The van der Waals surface area contributed by atoms with Crippen LogP contribution in [0, 0.1) is 0 Å². The second-order valence-electron chi connectivity index (χ2n) is 8.53. The van der Waals surface area contributed by atoms with Crippen LogP contribution in [-0.2, 0) is 19.7 Å². The molecule has 1 atom stereocenters. The molecule has 0 saturated heterocycles. The number of carboxylic acid groups (broad SMARTS) is 1. The summed E-state index contributed by atoms with van der Waals surface area (Å²) in [5, 5.41) is 16.4. The van der Waals surface area contributed by atoms with Gasteiger partial charge in [-0.15, -0.1) is 5.11 Å². The quantitative estimate of drug-likeness (QED) is 0.0637. The monoisotopic (exact) mass is 497 g/mol. The molecule has 1 aromatic rings. The lowest BCUT2D eigenvalue weighted by atomic mass is 10.0. The molecule has 0 bridgehead atoms. The molecule has 0 saturated carbocycles. The van der Waals surface area contributed by atoms with E-state index in [2.05, 4.69) is 22.7 Å². The normalized spacial score (nSPS) is 12.6. The van der Waals surface area contributed by atoms with Gasteiger partial charge in [-0.2, -0.15) is 8.42 Å². The number of nitrogens with zero attached hydrogens (tertiary/aromatic N) is 2. The molecule has 0 aliphatic rings. The van der Waals surface area contributed by atoms with E-state index in [0.29, 0.717) is 12.1 Å². The fraction of sp³-hybridized carbons (Fsp3) is 0.667. The van der Waals surface area contributed by atoms with Crippen molar-refractivity contribution < 1.29 is 27.7 Å². The number of benzene rings is 1. The number of hydrogen-bond donors (Lipinski definition) is 3. The number of unbranched alkanes of at least 4 members (excludes halogenated alkanes) is 12. The Morgan fingerprint density at radius 2 is 1.32 bits per heavy atom. The van der Waals surface area contributed by atoms with E-state index in [1.807, 2.05) is 0 Å². The molecule has 0 amide bonds. The van der Waals surface area contributed by atoms with E-state index < -0.39 is 27.9 Å². The number of ketones is 1. The van der Waals surface area contributed by atoms with Crippen LogP contribution in [0.2, 0.25) is 0 Å². The van der Waals surface area contributed by atoms with E-state index in [1.165, 1.54) is 69.9 Å². The Morgan fingerprint density at radius 1 is 0.853 bits per heavy atom. The maximum atomic E-state index is 12.2. The minimum absolute atomic E-state index is 0.136. The summed E-state index contributed by atoms with van der Waals surface area (Å²) in [6.07, 6.45) is 15.5. The van der Waals surface area contributed by atoms with Gasteiger partial charge >= 0.3 is 5.97 Å². The summed E-state index contributed by atoms with van der Waals surface area (Å²) in [4.78, 5) is 23.3. The van der Waals surface area contributed by atoms with Gasteiger partial charge in [0.1, 0.15) is 0 Å². The molecular formula is C24H39N3O6S. The number of carbonyl (C=O) groups is 2. The summed E-state index contributed by atoms with van der Waals surface area (Å²) < 4.78 is 31.0. The van der Waals surface area contributed by atoms with Crippen molar-refractivity contribution in [2.24, 2.45) is 10.3 Å². The number of rotatable bonds is 20. The zero-order valence-electron chi connectivity index (χ0n) is 20.1. The number of carboxylic acids is 1. The first-order valence-corrected chi connectivity index (χ1v) is 13.7. The van der Waals surface area contributed by atoms with Crippen LogP contribution in [-0.4, -0.2) is 35.9 Å². The molecule has 0 aliphatic heterocycles. The average molecular weight is 498 g/mol. The van der Waals surface area contributed by atoms with Crippen LogP contribution in [0.15, 0.2) is 39.5 Å². The Labute approximate surface area is 203 Å². The maximum Gasteiger partial charge on any atom is 0.338 e. The van der Waals surface area contributed by atoms with Crippen LogP contribution in [0.1, 0.15) is 96.8 Å². The molecule has 0 aliphatic carbocycles. The number of hydrogen-bond acceptors (Lipinski definition) is 6. The third kappa shape index (κ3) is 13.4. The van der Waals surface area contributed by atoms with E-state index in [1.54, 1.807) is 0 Å². The Bertz CT molecular complexity index is 856. The first-order chi connectivity index (χ1) is 16.3. The molecule has 9 nitrogen and oxygen atoms in total. The van der Waals surface area contributed by atoms with Gasteiger partial charge in [-0.25, -0.2) is 4.79 Å². The maximum absolute atomic E-state index is 12.2. The standard InChI is InChI=1S/C24H39N3O6S/c1-2-3-4-5-6-7-8-9-10-11-12-13-14-15-22(28)23(24(29)30)26-27-25-20-16-18-21(19-17-20)34(31,32)33/h16-19,23H,2-15H2,1H3,(H,25,26)(H,29,30)(H,31,32,33). The summed E-state index contributed by atoms with van der Waals surface area (Å²) in [7, 11) is -4.30. The first kappa shape index (κ1) is 29.7. The van der Waals surface area contributed by atoms with Gasteiger partial charge in [-0.1, -0.05) is 89.2 Å². The number of anilines is 1. The number of carbonyl (C=O) groups excluding carboxylic acids is 1. The van der Waals surface area contributed by atoms with E-state index >= 15 is 0 Å². The topological polar surface area (TPSA) is 145 Å². The lowest BCUT2D eigenvalue weighted by molar-refractivity contribution is -0.142. The molecule has 192 valence electrons. The highest BCUT2D eigenvalue weighted by molar-refractivity contribution is 7.85. The lowest BCUT2D eigenvalue weighted by Gasteiger charge is -2.06. The van der Waals surface area contributed by atoms with E-state index in [9.17, 15) is 23.1 Å². The molecule has 0 radical (unpaired) electrons. The van der Waals surface area contributed by atoms with Crippen molar-refractivity contribution in [1.29, 1.82) is 0 Å². The summed E-state index contributed by atoms with van der Waals surface area (Å²) in [6, 6.07) is 3.38. The third-order valence-electron chi connectivity index (χ3n) is 5.57. The predicted molar refractivity (Wildman–Crippen MR) is 131 cm³/mol. The van der Waals surface area contributed by atoms with Crippen LogP contribution in [0.5, 0.6) is 0 Å². The molecule has 1 unspecified atom stereocenters. The SMILES string of the molecule is CCCCCCCCCCCCCCCC(=O)C(N=NNc1ccc(S(=O)(=O)O)cc1)C(=O)O. The molecule has 0 aromatic heterocycles. The molecular weight excluding hydrogens is 458 g/mol. The average Bonchev–Trinajstić information content (AvgIpc) is 2.79. The first-order valence-electron chi connectivity index (χ1n) is 12.2. The highest BCUT2D eigenvalue weighted by Crippen LogP contribution is 2.15. The van der Waals surface area contributed by atoms with E-state index in [4.69, 9.17) is 4.55 Å². The van der Waals surface area contributed by atoms with Crippen LogP contribution < -0.4 is 5.43 Å². The number of aliphatic carboxylic acids is 1. The fourth-order valence-corrected chi connectivity index (χ4v) is 4.03. The Balaban J connectivity index is 2.22. The minimum Gasteiger partial charge on any atom is -0.479 e. The molecule has 34 heavy (non-hydrogen) atoms. The lowest BCUT2D eigenvalue weighted by Crippen LogP contribution is -2.27.